The van der Waals surface area contributed by atoms with E-state index < -0.39 is 0 Å². The second-order valence-electron chi connectivity index (χ2n) is 4.81. The van der Waals surface area contributed by atoms with Crippen LogP contribution in [-0.4, -0.2) is 24.6 Å². The van der Waals surface area contributed by atoms with E-state index in [4.69, 9.17) is 0 Å². The van der Waals surface area contributed by atoms with Gasteiger partial charge in [-0.15, -0.1) is 0 Å². The number of pyridine rings is 1. The molecule has 1 heterocycles. The summed E-state index contributed by atoms with van der Waals surface area (Å²) < 4.78 is 5.69. The number of methoxy groups -OCH3 is 1. The first-order chi connectivity index (χ1) is 10.2. The fourth-order valence-corrected chi connectivity index (χ4v) is 2.69. The highest BCUT2D eigenvalue weighted by atomic mass is 79.9. The molecular formula is C16H19BrN2O2. The molecule has 2 aromatic rings. The fourth-order valence-electron chi connectivity index (χ4n) is 2.19. The third kappa shape index (κ3) is 4.43. The van der Waals surface area contributed by atoms with Crippen LogP contribution >= 0.6 is 15.9 Å². The van der Waals surface area contributed by atoms with Gasteiger partial charge in [-0.1, -0.05) is 34.5 Å². The highest BCUT2D eigenvalue weighted by Gasteiger charge is 2.04. The summed E-state index contributed by atoms with van der Waals surface area (Å²) in [7, 11) is 1.42. The number of unbranched alkanes of at least 4 members (excludes halogenated alkanes) is 2. The number of aromatic nitrogens is 1. The van der Waals surface area contributed by atoms with E-state index in [1.54, 1.807) is 0 Å². The zero-order valence-electron chi connectivity index (χ0n) is 12.1. The van der Waals surface area contributed by atoms with Crippen LogP contribution in [0.3, 0.4) is 0 Å². The SMILES string of the molecule is COC(=O)CCCCCNc1nccc2c(Br)cccc12. The average Bonchev–Trinajstić information content (AvgIpc) is 2.51. The van der Waals surface area contributed by atoms with Crippen LogP contribution in [0.25, 0.3) is 10.8 Å². The number of nitrogens with zero attached hydrogens (tertiary/aromatic N) is 1. The Balaban J connectivity index is 1.84. The van der Waals surface area contributed by atoms with E-state index in [2.05, 4.69) is 37.0 Å². The summed E-state index contributed by atoms with van der Waals surface area (Å²) in [6, 6.07) is 8.10. The lowest BCUT2D eigenvalue weighted by Gasteiger charge is -2.09. The molecule has 0 unspecified atom stereocenters. The van der Waals surface area contributed by atoms with Gasteiger partial charge in [0, 0.05) is 34.4 Å². The van der Waals surface area contributed by atoms with Gasteiger partial charge in [0.05, 0.1) is 7.11 Å². The largest absolute Gasteiger partial charge is 0.469 e. The summed E-state index contributed by atoms with van der Waals surface area (Å²) in [6.45, 7) is 0.847. The van der Waals surface area contributed by atoms with Crippen molar-refractivity contribution < 1.29 is 9.53 Å². The summed E-state index contributed by atoms with van der Waals surface area (Å²) in [5.74, 6) is 0.769. The normalized spacial score (nSPS) is 10.6. The molecule has 2 rings (SSSR count). The number of benzene rings is 1. The van der Waals surface area contributed by atoms with Gasteiger partial charge in [0.25, 0.3) is 0 Å². The third-order valence-corrected chi connectivity index (χ3v) is 4.02. The molecule has 0 fully saturated rings. The molecule has 0 aliphatic heterocycles. The average molecular weight is 351 g/mol. The van der Waals surface area contributed by atoms with Crippen molar-refractivity contribution in [2.24, 2.45) is 0 Å². The Morgan fingerprint density at radius 2 is 2.10 bits per heavy atom. The second kappa shape index (κ2) is 7.98. The Morgan fingerprint density at radius 1 is 1.24 bits per heavy atom. The van der Waals surface area contributed by atoms with Crippen molar-refractivity contribution in [2.45, 2.75) is 25.7 Å². The van der Waals surface area contributed by atoms with Crippen molar-refractivity contribution in [3.8, 4) is 0 Å². The van der Waals surface area contributed by atoms with Crippen LogP contribution in [0.15, 0.2) is 34.9 Å². The molecule has 0 bridgehead atoms. The number of halogens is 1. The first kappa shape index (κ1) is 15.8. The molecule has 1 aromatic carbocycles. The van der Waals surface area contributed by atoms with E-state index in [9.17, 15) is 4.79 Å². The molecule has 112 valence electrons. The monoisotopic (exact) mass is 350 g/mol. The molecular weight excluding hydrogens is 332 g/mol. The molecule has 0 aliphatic rings. The summed E-state index contributed by atoms with van der Waals surface area (Å²) in [6.07, 6.45) is 5.17. The van der Waals surface area contributed by atoms with Gasteiger partial charge in [-0.2, -0.15) is 0 Å². The predicted molar refractivity (Wildman–Crippen MR) is 88.4 cm³/mol. The number of esters is 1. The van der Waals surface area contributed by atoms with Gasteiger partial charge in [-0.05, 0) is 25.0 Å². The van der Waals surface area contributed by atoms with Crippen molar-refractivity contribution >= 4 is 38.5 Å². The molecule has 0 atom stereocenters. The van der Waals surface area contributed by atoms with Crippen LogP contribution in [-0.2, 0) is 9.53 Å². The third-order valence-electron chi connectivity index (χ3n) is 3.33. The van der Waals surface area contributed by atoms with Crippen LogP contribution in [0.1, 0.15) is 25.7 Å². The van der Waals surface area contributed by atoms with Crippen LogP contribution in [0.5, 0.6) is 0 Å². The number of ether oxygens (including phenoxy) is 1. The fraction of sp³-hybridized carbons (Fsp3) is 0.375. The zero-order chi connectivity index (χ0) is 15.1. The number of fused-ring (bicyclic) bond motifs is 1. The van der Waals surface area contributed by atoms with Crippen LogP contribution in [0.4, 0.5) is 5.82 Å². The van der Waals surface area contributed by atoms with Gasteiger partial charge in [-0.3, -0.25) is 4.79 Å². The van der Waals surface area contributed by atoms with E-state index in [0.29, 0.717) is 6.42 Å². The maximum Gasteiger partial charge on any atom is 0.305 e. The first-order valence-corrected chi connectivity index (χ1v) is 7.85. The van der Waals surface area contributed by atoms with E-state index in [-0.39, 0.29) is 5.97 Å². The number of nitrogens with one attached hydrogen (secondary N) is 1. The Morgan fingerprint density at radius 3 is 2.90 bits per heavy atom. The molecule has 4 nitrogen and oxygen atoms in total. The van der Waals surface area contributed by atoms with Crippen molar-refractivity contribution in [1.82, 2.24) is 4.98 Å². The number of hydrogen-bond donors (Lipinski definition) is 1. The summed E-state index contributed by atoms with van der Waals surface area (Å²) in [5, 5.41) is 5.63. The minimum absolute atomic E-state index is 0.136. The Bertz CT molecular complexity index is 616. The molecule has 21 heavy (non-hydrogen) atoms. The molecule has 0 aliphatic carbocycles. The van der Waals surface area contributed by atoms with Gasteiger partial charge in [0.2, 0.25) is 0 Å². The van der Waals surface area contributed by atoms with Crippen LogP contribution in [0.2, 0.25) is 0 Å². The Labute approximate surface area is 133 Å². The highest BCUT2D eigenvalue weighted by Crippen LogP contribution is 2.27. The number of hydrogen-bond acceptors (Lipinski definition) is 4. The molecule has 1 N–H and O–H groups in total. The lowest BCUT2D eigenvalue weighted by Crippen LogP contribution is -2.05. The summed E-state index contributed by atoms with van der Waals surface area (Å²) in [5.41, 5.74) is 0. The Kier molecular flexibility index (Phi) is 5.99. The maximum atomic E-state index is 11.0. The molecule has 5 heteroatoms. The summed E-state index contributed by atoms with van der Waals surface area (Å²) >= 11 is 3.55. The first-order valence-electron chi connectivity index (χ1n) is 7.06. The van der Waals surface area contributed by atoms with Gasteiger partial charge < -0.3 is 10.1 Å². The predicted octanol–water partition coefficient (Wildman–Crippen LogP) is 4.14. The van der Waals surface area contributed by atoms with Crippen molar-refractivity contribution in [3.05, 3.63) is 34.9 Å². The molecule has 0 saturated heterocycles. The second-order valence-corrected chi connectivity index (χ2v) is 5.66. The molecule has 0 spiro atoms. The molecule has 1 aromatic heterocycles. The smallest absolute Gasteiger partial charge is 0.305 e. The van der Waals surface area contributed by atoms with Gasteiger partial charge in [0.1, 0.15) is 5.82 Å². The van der Waals surface area contributed by atoms with Crippen molar-refractivity contribution in [3.63, 3.8) is 0 Å². The van der Waals surface area contributed by atoms with E-state index in [0.717, 1.165) is 46.9 Å². The van der Waals surface area contributed by atoms with Gasteiger partial charge >= 0.3 is 5.97 Å². The van der Waals surface area contributed by atoms with E-state index in [1.807, 2.05) is 24.4 Å². The topological polar surface area (TPSA) is 51.2 Å². The van der Waals surface area contributed by atoms with E-state index >= 15 is 0 Å². The summed E-state index contributed by atoms with van der Waals surface area (Å²) in [4.78, 5) is 15.4. The highest BCUT2D eigenvalue weighted by molar-refractivity contribution is 9.10. The number of anilines is 1. The Hall–Kier alpha value is -1.62. The maximum absolute atomic E-state index is 11.0. The quantitative estimate of drug-likeness (QED) is 0.602. The van der Waals surface area contributed by atoms with Crippen molar-refractivity contribution in [2.75, 3.05) is 19.0 Å². The van der Waals surface area contributed by atoms with Gasteiger partial charge in [0.15, 0.2) is 0 Å². The standard InChI is InChI=1S/C16H19BrN2O2/c1-21-15(20)8-3-2-4-10-18-16-13-6-5-7-14(17)12(13)9-11-19-16/h5-7,9,11H,2-4,8,10H2,1H3,(H,18,19). The van der Waals surface area contributed by atoms with E-state index in [1.165, 1.54) is 7.11 Å². The van der Waals surface area contributed by atoms with Gasteiger partial charge in [-0.25, -0.2) is 4.98 Å². The molecule has 0 amide bonds. The number of rotatable bonds is 7. The number of carbonyl (C=O) groups is 1. The van der Waals surface area contributed by atoms with Crippen molar-refractivity contribution in [1.29, 1.82) is 0 Å². The lowest BCUT2D eigenvalue weighted by atomic mass is 10.1. The zero-order valence-corrected chi connectivity index (χ0v) is 13.6. The minimum atomic E-state index is -0.136. The molecule has 0 radical (unpaired) electrons. The minimum Gasteiger partial charge on any atom is -0.469 e. The van der Waals surface area contributed by atoms with Crippen LogP contribution in [0, 0.1) is 0 Å². The number of carbonyl (C=O) groups excluding carboxylic acids is 1. The van der Waals surface area contributed by atoms with Crippen LogP contribution < -0.4 is 5.32 Å². The lowest BCUT2D eigenvalue weighted by molar-refractivity contribution is -0.140. The molecule has 0 saturated carbocycles.